The fourth-order valence-corrected chi connectivity index (χ4v) is 6.47. The van der Waals surface area contributed by atoms with Crippen molar-refractivity contribution in [3.8, 4) is 5.75 Å². The van der Waals surface area contributed by atoms with Crippen LogP contribution in [0.4, 0.5) is 0 Å². The summed E-state index contributed by atoms with van der Waals surface area (Å²) in [6.07, 6.45) is 4.20. The molecule has 7 rings (SSSR count). The molecule has 5 heterocycles. The molecule has 5 aromatic rings. The van der Waals surface area contributed by atoms with Gasteiger partial charge in [0.15, 0.2) is 0 Å². The number of aromatic nitrogens is 4. The summed E-state index contributed by atoms with van der Waals surface area (Å²) in [6.45, 7) is 3.30. The molecule has 2 aromatic carbocycles. The number of rotatable bonds is 5. The van der Waals surface area contributed by atoms with Crippen molar-refractivity contribution in [3.63, 3.8) is 0 Å². The van der Waals surface area contributed by atoms with Crippen molar-refractivity contribution in [3.05, 3.63) is 103 Å². The van der Waals surface area contributed by atoms with Crippen LogP contribution in [0.3, 0.4) is 0 Å². The average molecular weight is 555 g/mol. The number of fused-ring (bicyclic) bond motifs is 7. The lowest BCUT2D eigenvalue weighted by atomic mass is 9.83. The highest BCUT2D eigenvalue weighted by Gasteiger charge is 2.34. The van der Waals surface area contributed by atoms with Crippen LogP contribution in [0.1, 0.15) is 29.2 Å². The quantitative estimate of drug-likeness (QED) is 0.328. The number of aromatic amines is 1. The second-order valence-electron chi connectivity index (χ2n) is 10.6. The summed E-state index contributed by atoms with van der Waals surface area (Å²) in [7, 11) is 1.67. The van der Waals surface area contributed by atoms with Crippen molar-refractivity contribution in [2.24, 2.45) is 11.0 Å². The van der Waals surface area contributed by atoms with Gasteiger partial charge >= 0.3 is 0 Å². The summed E-state index contributed by atoms with van der Waals surface area (Å²) in [4.78, 5) is 35.6. The van der Waals surface area contributed by atoms with Crippen LogP contribution >= 0.6 is 11.6 Å². The van der Waals surface area contributed by atoms with E-state index < -0.39 is 0 Å². The largest absolute Gasteiger partial charge is 0.496 e. The number of halogens is 1. The summed E-state index contributed by atoms with van der Waals surface area (Å²) in [6, 6.07) is 16.9. The van der Waals surface area contributed by atoms with Crippen molar-refractivity contribution in [1.82, 2.24) is 24.1 Å². The molecule has 1 fully saturated rings. The molecular formula is C30H27ClN6O3. The molecule has 2 bridgehead atoms. The van der Waals surface area contributed by atoms with E-state index in [4.69, 9.17) is 16.3 Å². The van der Waals surface area contributed by atoms with E-state index in [9.17, 15) is 9.59 Å². The number of methoxy groups -OCH3 is 1. The standard InChI is InChI=1S/C30H27ClN6O3/c1-40-26-8-5-18(12-33-37-17-32-28-23-11-22(31)6-7-24(23)34-29(28)30(37)39)9-21(26)16-35-13-19-10-20(15-35)25-3-2-4-27(38)36(25)14-19/h2-9,11-12,17,19-20,34H,10,13-16H2,1H3/b33-12-/t19-,20+/m0/s1. The maximum atomic E-state index is 13.1. The lowest BCUT2D eigenvalue weighted by Gasteiger charge is -2.42. The van der Waals surface area contributed by atoms with Crippen LogP contribution in [0, 0.1) is 5.92 Å². The van der Waals surface area contributed by atoms with E-state index in [-0.39, 0.29) is 11.1 Å². The number of piperidine rings is 1. The van der Waals surface area contributed by atoms with Gasteiger partial charge in [0.1, 0.15) is 23.1 Å². The van der Waals surface area contributed by atoms with Crippen LogP contribution in [0.5, 0.6) is 5.75 Å². The molecule has 202 valence electrons. The van der Waals surface area contributed by atoms with E-state index in [0.29, 0.717) is 27.9 Å². The minimum Gasteiger partial charge on any atom is -0.496 e. The maximum Gasteiger partial charge on any atom is 0.298 e. The molecule has 40 heavy (non-hydrogen) atoms. The van der Waals surface area contributed by atoms with Gasteiger partial charge in [-0.1, -0.05) is 17.7 Å². The molecule has 0 spiro atoms. The third-order valence-electron chi connectivity index (χ3n) is 8.04. The highest BCUT2D eigenvalue weighted by molar-refractivity contribution is 6.31. The number of H-pyrrole nitrogens is 1. The smallest absolute Gasteiger partial charge is 0.298 e. The third-order valence-corrected chi connectivity index (χ3v) is 8.27. The van der Waals surface area contributed by atoms with Gasteiger partial charge in [0, 0.05) is 65.3 Å². The number of ether oxygens (including phenoxy) is 1. The first-order valence-electron chi connectivity index (χ1n) is 13.3. The molecule has 9 nitrogen and oxygen atoms in total. The van der Waals surface area contributed by atoms with Crippen molar-refractivity contribution in [2.75, 3.05) is 20.2 Å². The fraction of sp³-hybridized carbons (Fsp3) is 0.267. The number of pyridine rings is 1. The van der Waals surface area contributed by atoms with E-state index in [0.717, 1.165) is 66.1 Å². The van der Waals surface area contributed by atoms with E-state index in [2.05, 4.69) is 26.0 Å². The van der Waals surface area contributed by atoms with Crippen molar-refractivity contribution >= 4 is 39.8 Å². The molecule has 1 N–H and O–H groups in total. The molecule has 0 unspecified atom stereocenters. The second kappa shape index (κ2) is 9.76. The number of nitrogens with one attached hydrogen (secondary N) is 1. The molecule has 0 amide bonds. The molecule has 2 atom stereocenters. The van der Waals surface area contributed by atoms with Crippen LogP contribution in [0.15, 0.2) is 75.6 Å². The number of nitrogens with zero attached hydrogens (tertiary/aromatic N) is 5. The monoisotopic (exact) mass is 554 g/mol. The first kappa shape index (κ1) is 24.8. The van der Waals surface area contributed by atoms with Gasteiger partial charge in [-0.2, -0.15) is 9.78 Å². The van der Waals surface area contributed by atoms with Gasteiger partial charge in [-0.3, -0.25) is 14.5 Å². The number of benzene rings is 2. The molecule has 0 radical (unpaired) electrons. The summed E-state index contributed by atoms with van der Waals surface area (Å²) in [5.74, 6) is 1.59. The van der Waals surface area contributed by atoms with Crippen LogP contribution < -0.4 is 15.9 Å². The van der Waals surface area contributed by atoms with Gasteiger partial charge in [0.05, 0.1) is 13.3 Å². The van der Waals surface area contributed by atoms with Crippen molar-refractivity contribution in [2.45, 2.75) is 25.4 Å². The normalized spacial score (nSPS) is 18.9. The Morgan fingerprint density at radius 2 is 2.02 bits per heavy atom. The molecule has 0 saturated carbocycles. The SMILES string of the molecule is COc1ccc(/C=N\n2cnc3c([nH]c4ccc(Cl)cc43)c2=O)cc1CN1C[C@@H]2C[C@H](C1)c1cccc(=O)n1C2. The summed E-state index contributed by atoms with van der Waals surface area (Å²) >= 11 is 6.14. The molecule has 3 aromatic heterocycles. The number of hydrogen-bond acceptors (Lipinski definition) is 6. The molecule has 1 saturated heterocycles. The van der Waals surface area contributed by atoms with E-state index in [1.165, 1.54) is 11.0 Å². The first-order valence-corrected chi connectivity index (χ1v) is 13.7. The minimum absolute atomic E-state index is 0.0942. The van der Waals surface area contributed by atoms with Gasteiger partial charge in [0.25, 0.3) is 11.1 Å². The number of likely N-dealkylation sites (tertiary alicyclic amines) is 1. The third kappa shape index (κ3) is 4.31. The van der Waals surface area contributed by atoms with Gasteiger partial charge in [-0.25, -0.2) is 4.98 Å². The van der Waals surface area contributed by atoms with Crippen LogP contribution in [-0.4, -0.2) is 50.5 Å². The maximum absolute atomic E-state index is 13.1. The molecule has 10 heteroatoms. The molecule has 2 aliphatic heterocycles. The van der Waals surface area contributed by atoms with Crippen LogP contribution in [0.25, 0.3) is 21.9 Å². The Labute approximate surface area is 234 Å². The Morgan fingerprint density at radius 3 is 2.90 bits per heavy atom. The Kier molecular flexibility index (Phi) is 6.05. The Hall–Kier alpha value is -4.21. The molecule has 0 aliphatic carbocycles. The van der Waals surface area contributed by atoms with E-state index in [1.54, 1.807) is 31.5 Å². The Balaban J connectivity index is 1.15. The Morgan fingerprint density at radius 1 is 1.12 bits per heavy atom. The van der Waals surface area contributed by atoms with Gasteiger partial charge in [0.2, 0.25) is 0 Å². The molecular weight excluding hydrogens is 528 g/mol. The number of hydrogen-bond donors (Lipinski definition) is 1. The molecule has 2 aliphatic rings. The van der Waals surface area contributed by atoms with E-state index >= 15 is 0 Å². The van der Waals surface area contributed by atoms with Crippen LogP contribution in [0.2, 0.25) is 5.02 Å². The van der Waals surface area contributed by atoms with Gasteiger partial charge < -0.3 is 14.3 Å². The van der Waals surface area contributed by atoms with E-state index in [1.807, 2.05) is 34.9 Å². The van der Waals surface area contributed by atoms with Gasteiger partial charge in [-0.15, -0.1) is 0 Å². The van der Waals surface area contributed by atoms with Crippen LogP contribution in [-0.2, 0) is 13.1 Å². The fourth-order valence-electron chi connectivity index (χ4n) is 6.30. The summed E-state index contributed by atoms with van der Waals surface area (Å²) < 4.78 is 8.86. The van der Waals surface area contributed by atoms with Crippen molar-refractivity contribution in [1.29, 1.82) is 0 Å². The zero-order chi connectivity index (χ0) is 27.4. The summed E-state index contributed by atoms with van der Waals surface area (Å²) in [5, 5.41) is 5.80. The predicted molar refractivity (Wildman–Crippen MR) is 156 cm³/mol. The lowest BCUT2D eigenvalue weighted by Crippen LogP contribution is -2.46. The lowest BCUT2D eigenvalue weighted by molar-refractivity contribution is 0.113. The van der Waals surface area contributed by atoms with Crippen molar-refractivity contribution < 1.29 is 4.74 Å². The predicted octanol–water partition coefficient (Wildman–Crippen LogP) is 4.20. The average Bonchev–Trinajstić information content (AvgIpc) is 3.32. The second-order valence-corrected chi connectivity index (χ2v) is 11.1. The minimum atomic E-state index is -0.290. The van der Waals surface area contributed by atoms with Gasteiger partial charge in [-0.05, 0) is 60.4 Å². The zero-order valence-electron chi connectivity index (χ0n) is 21.9. The summed E-state index contributed by atoms with van der Waals surface area (Å²) in [5.41, 5.74) is 4.58. The highest BCUT2D eigenvalue weighted by Crippen LogP contribution is 2.36. The Bertz CT molecular complexity index is 1920. The topological polar surface area (TPSA) is 97.5 Å². The first-order chi connectivity index (χ1) is 19.5. The highest BCUT2D eigenvalue weighted by atomic mass is 35.5. The zero-order valence-corrected chi connectivity index (χ0v) is 22.6.